The molecule has 3 aromatic rings. The van der Waals surface area contributed by atoms with Crippen LogP contribution in [0, 0.1) is 5.82 Å². The van der Waals surface area contributed by atoms with Crippen molar-refractivity contribution in [2.45, 2.75) is 0 Å². The number of esters is 1. The van der Waals surface area contributed by atoms with E-state index in [1.165, 1.54) is 36.5 Å². The van der Waals surface area contributed by atoms with E-state index in [2.05, 4.69) is 31.8 Å². The van der Waals surface area contributed by atoms with Gasteiger partial charge in [-0.15, -0.1) is 0 Å². The standard InChI is InChI=1S/C23H17BrFN3O4/c24-20-7-2-1-6-19(20)22(30)26-14-21(29)28-27-13-15-8-10-18(11-9-15)32-23(31)16-4-3-5-17(25)12-16/h1-13H,14H2,(H,26,30)(H,28,29). The molecule has 3 aromatic carbocycles. The highest BCUT2D eigenvalue weighted by molar-refractivity contribution is 9.10. The quantitative estimate of drug-likeness (QED) is 0.225. The Balaban J connectivity index is 1.46. The van der Waals surface area contributed by atoms with E-state index in [1.807, 2.05) is 0 Å². The minimum absolute atomic E-state index is 0.102. The number of carbonyl (C=O) groups excluding carboxylic acids is 3. The minimum Gasteiger partial charge on any atom is -0.423 e. The fourth-order valence-corrected chi connectivity index (χ4v) is 2.99. The lowest BCUT2D eigenvalue weighted by Gasteiger charge is -2.06. The van der Waals surface area contributed by atoms with E-state index < -0.39 is 17.7 Å². The van der Waals surface area contributed by atoms with Crippen LogP contribution in [0.2, 0.25) is 0 Å². The minimum atomic E-state index is -0.678. The lowest BCUT2D eigenvalue weighted by molar-refractivity contribution is -0.120. The maximum Gasteiger partial charge on any atom is 0.343 e. The van der Waals surface area contributed by atoms with Crippen molar-refractivity contribution >= 4 is 39.9 Å². The molecule has 2 amide bonds. The van der Waals surface area contributed by atoms with Gasteiger partial charge in [0.25, 0.3) is 11.8 Å². The maximum absolute atomic E-state index is 13.2. The van der Waals surface area contributed by atoms with Crippen molar-refractivity contribution < 1.29 is 23.5 Å². The predicted molar refractivity (Wildman–Crippen MR) is 120 cm³/mol. The van der Waals surface area contributed by atoms with Gasteiger partial charge in [-0.05, 0) is 76.1 Å². The Labute approximate surface area is 191 Å². The number of nitrogens with one attached hydrogen (secondary N) is 2. The lowest BCUT2D eigenvalue weighted by Crippen LogP contribution is -2.35. The Bertz CT molecular complexity index is 1170. The van der Waals surface area contributed by atoms with E-state index in [4.69, 9.17) is 4.74 Å². The molecule has 0 heterocycles. The Morgan fingerprint density at radius 2 is 1.75 bits per heavy atom. The van der Waals surface area contributed by atoms with Crippen LogP contribution in [0.3, 0.4) is 0 Å². The molecule has 0 aliphatic rings. The zero-order chi connectivity index (χ0) is 22.9. The van der Waals surface area contributed by atoms with Crippen LogP contribution >= 0.6 is 15.9 Å². The molecule has 0 atom stereocenters. The zero-order valence-corrected chi connectivity index (χ0v) is 18.1. The third-order valence-corrected chi connectivity index (χ3v) is 4.77. The van der Waals surface area contributed by atoms with Crippen LogP contribution in [0.15, 0.2) is 82.4 Å². The van der Waals surface area contributed by atoms with Crippen LogP contribution in [-0.2, 0) is 4.79 Å². The molecular formula is C23H17BrFN3O4. The number of benzene rings is 3. The van der Waals surface area contributed by atoms with Crippen molar-refractivity contribution in [3.05, 3.63) is 99.8 Å². The van der Waals surface area contributed by atoms with Crippen molar-refractivity contribution in [3.63, 3.8) is 0 Å². The number of hydrazone groups is 1. The van der Waals surface area contributed by atoms with Crippen molar-refractivity contribution in [1.82, 2.24) is 10.7 Å². The Kier molecular flexibility index (Phi) is 7.82. The first-order chi connectivity index (χ1) is 15.4. The van der Waals surface area contributed by atoms with Crippen molar-refractivity contribution in [2.24, 2.45) is 5.10 Å². The molecule has 162 valence electrons. The molecule has 0 spiro atoms. The first-order valence-electron chi connectivity index (χ1n) is 9.35. The second-order valence-corrected chi connectivity index (χ2v) is 7.28. The van der Waals surface area contributed by atoms with E-state index in [-0.39, 0.29) is 23.8 Å². The monoisotopic (exact) mass is 497 g/mol. The van der Waals surface area contributed by atoms with E-state index in [0.717, 1.165) is 6.07 Å². The summed E-state index contributed by atoms with van der Waals surface area (Å²) in [5.41, 5.74) is 3.46. The highest BCUT2D eigenvalue weighted by atomic mass is 79.9. The number of hydrogen-bond acceptors (Lipinski definition) is 5. The smallest absolute Gasteiger partial charge is 0.343 e. The van der Waals surface area contributed by atoms with Gasteiger partial charge in [-0.3, -0.25) is 9.59 Å². The summed E-state index contributed by atoms with van der Waals surface area (Å²) in [7, 11) is 0. The van der Waals surface area contributed by atoms with E-state index >= 15 is 0 Å². The molecule has 0 aliphatic heterocycles. The van der Waals surface area contributed by atoms with Gasteiger partial charge in [0.05, 0.1) is 23.9 Å². The number of amides is 2. The molecule has 0 bridgehead atoms. The summed E-state index contributed by atoms with van der Waals surface area (Å²) in [5, 5.41) is 6.33. The Morgan fingerprint density at radius 1 is 1.00 bits per heavy atom. The van der Waals surface area contributed by atoms with Crippen LogP contribution < -0.4 is 15.5 Å². The van der Waals surface area contributed by atoms with Crippen LogP contribution in [0.1, 0.15) is 26.3 Å². The normalized spacial score (nSPS) is 10.6. The van der Waals surface area contributed by atoms with Gasteiger partial charge in [0.1, 0.15) is 11.6 Å². The van der Waals surface area contributed by atoms with E-state index in [9.17, 15) is 18.8 Å². The molecule has 2 N–H and O–H groups in total. The molecule has 3 rings (SSSR count). The number of halogens is 2. The van der Waals surface area contributed by atoms with Gasteiger partial charge in [0, 0.05) is 4.47 Å². The third-order valence-electron chi connectivity index (χ3n) is 4.08. The first kappa shape index (κ1) is 22.8. The summed E-state index contributed by atoms with van der Waals surface area (Å²) in [4.78, 5) is 35.9. The average molecular weight is 498 g/mol. The van der Waals surface area contributed by atoms with Gasteiger partial charge in [-0.1, -0.05) is 18.2 Å². The molecule has 9 heteroatoms. The predicted octanol–water partition coefficient (Wildman–Crippen LogP) is 3.69. The molecule has 7 nitrogen and oxygen atoms in total. The number of hydrogen-bond donors (Lipinski definition) is 2. The molecule has 0 aliphatic carbocycles. The molecule has 0 unspecified atom stereocenters. The summed E-state index contributed by atoms with van der Waals surface area (Å²) < 4.78 is 19.0. The second-order valence-electron chi connectivity index (χ2n) is 6.42. The van der Waals surface area contributed by atoms with Crippen molar-refractivity contribution in [3.8, 4) is 5.75 Å². The van der Waals surface area contributed by atoms with Crippen LogP contribution in [-0.4, -0.2) is 30.5 Å². The van der Waals surface area contributed by atoms with Gasteiger partial charge in [-0.25, -0.2) is 14.6 Å². The van der Waals surface area contributed by atoms with Crippen LogP contribution in [0.4, 0.5) is 4.39 Å². The summed E-state index contributed by atoms with van der Waals surface area (Å²) in [6.45, 7) is -0.244. The van der Waals surface area contributed by atoms with Gasteiger partial charge in [0.2, 0.25) is 0 Å². The van der Waals surface area contributed by atoms with E-state index in [0.29, 0.717) is 15.6 Å². The average Bonchev–Trinajstić information content (AvgIpc) is 2.79. The second kappa shape index (κ2) is 11.0. The maximum atomic E-state index is 13.2. The number of ether oxygens (including phenoxy) is 1. The van der Waals surface area contributed by atoms with Crippen LogP contribution in [0.25, 0.3) is 0 Å². The molecular weight excluding hydrogens is 481 g/mol. The number of nitrogens with zero attached hydrogens (tertiary/aromatic N) is 1. The highest BCUT2D eigenvalue weighted by Gasteiger charge is 2.11. The van der Waals surface area contributed by atoms with Gasteiger partial charge >= 0.3 is 5.97 Å². The SMILES string of the molecule is O=C(CNC(=O)c1ccccc1Br)NN=Cc1ccc(OC(=O)c2cccc(F)c2)cc1. The van der Waals surface area contributed by atoms with E-state index in [1.54, 1.807) is 36.4 Å². The van der Waals surface area contributed by atoms with Crippen molar-refractivity contribution in [1.29, 1.82) is 0 Å². The number of rotatable bonds is 7. The summed E-state index contributed by atoms with van der Waals surface area (Å²) >= 11 is 3.28. The topological polar surface area (TPSA) is 96.9 Å². The molecule has 0 saturated carbocycles. The molecule has 0 fully saturated rings. The van der Waals surface area contributed by atoms with Crippen LogP contribution in [0.5, 0.6) is 5.75 Å². The van der Waals surface area contributed by atoms with Crippen molar-refractivity contribution in [2.75, 3.05) is 6.54 Å². The summed E-state index contributed by atoms with van der Waals surface area (Å²) in [6.07, 6.45) is 1.39. The zero-order valence-electron chi connectivity index (χ0n) is 16.5. The third kappa shape index (κ3) is 6.58. The van der Waals surface area contributed by atoms with Gasteiger partial charge in [0.15, 0.2) is 0 Å². The Morgan fingerprint density at radius 3 is 2.47 bits per heavy atom. The molecule has 0 aromatic heterocycles. The molecule has 0 saturated heterocycles. The fourth-order valence-electron chi connectivity index (χ4n) is 2.52. The Hall–Kier alpha value is -3.85. The molecule has 32 heavy (non-hydrogen) atoms. The fraction of sp³-hybridized carbons (Fsp3) is 0.0435. The first-order valence-corrected chi connectivity index (χ1v) is 10.1. The highest BCUT2D eigenvalue weighted by Crippen LogP contribution is 2.15. The largest absolute Gasteiger partial charge is 0.423 e. The summed E-state index contributed by atoms with van der Waals surface area (Å²) in [6, 6.07) is 18.4. The summed E-state index contributed by atoms with van der Waals surface area (Å²) in [5.74, 6) is -1.82. The lowest BCUT2D eigenvalue weighted by atomic mass is 10.2. The van der Waals surface area contributed by atoms with Gasteiger partial charge in [-0.2, -0.15) is 5.10 Å². The number of carbonyl (C=O) groups is 3. The van der Waals surface area contributed by atoms with Gasteiger partial charge < -0.3 is 10.1 Å². The molecule has 0 radical (unpaired) electrons.